The zero-order chi connectivity index (χ0) is 16.4. The van der Waals surface area contributed by atoms with E-state index in [-0.39, 0.29) is 17.7 Å². The van der Waals surface area contributed by atoms with Gasteiger partial charge in [0.15, 0.2) is 0 Å². The third-order valence-corrected chi connectivity index (χ3v) is 5.47. The number of thioether (sulfide) groups is 1. The Morgan fingerprint density at radius 2 is 1.83 bits per heavy atom. The number of hydrogen-bond donors (Lipinski definition) is 0. The molecule has 0 N–H and O–H groups in total. The highest BCUT2D eigenvalue weighted by atomic mass is 32.2. The normalized spacial score (nSPS) is 18.3. The molecule has 0 unspecified atom stereocenters. The Morgan fingerprint density at radius 1 is 1.17 bits per heavy atom. The van der Waals surface area contributed by atoms with Gasteiger partial charge in [-0.15, -0.1) is 11.8 Å². The van der Waals surface area contributed by atoms with Crippen molar-refractivity contribution in [3.05, 3.63) is 17.0 Å². The Balaban J connectivity index is 1.40. The van der Waals surface area contributed by atoms with Gasteiger partial charge in [-0.25, -0.2) is 0 Å². The molecule has 3 rings (SSSR count). The van der Waals surface area contributed by atoms with Crippen molar-refractivity contribution in [2.24, 2.45) is 5.92 Å². The molecular formula is C16H23N3O3S. The van der Waals surface area contributed by atoms with Gasteiger partial charge < -0.3 is 14.3 Å². The number of nitrogens with zero attached hydrogens (tertiary/aromatic N) is 3. The molecule has 1 aliphatic heterocycles. The molecule has 126 valence electrons. The summed E-state index contributed by atoms with van der Waals surface area (Å²) in [7, 11) is 0. The first kappa shape index (κ1) is 16.4. The van der Waals surface area contributed by atoms with Crippen molar-refractivity contribution in [1.29, 1.82) is 0 Å². The first-order valence-electron chi connectivity index (χ1n) is 8.12. The van der Waals surface area contributed by atoms with Gasteiger partial charge in [-0.05, 0) is 26.7 Å². The molecule has 1 aliphatic carbocycles. The molecule has 0 atom stereocenters. The second-order valence-corrected chi connectivity index (χ2v) is 7.26. The van der Waals surface area contributed by atoms with Crippen molar-refractivity contribution in [1.82, 2.24) is 15.0 Å². The number of piperazine rings is 1. The van der Waals surface area contributed by atoms with Crippen LogP contribution in [0.25, 0.3) is 0 Å². The fraction of sp³-hybridized carbons (Fsp3) is 0.688. The van der Waals surface area contributed by atoms with Crippen LogP contribution < -0.4 is 0 Å². The average molecular weight is 337 g/mol. The fourth-order valence-electron chi connectivity index (χ4n) is 2.80. The maximum Gasteiger partial charge on any atom is 0.232 e. The third kappa shape index (κ3) is 3.88. The van der Waals surface area contributed by atoms with E-state index >= 15 is 0 Å². The molecule has 1 aromatic heterocycles. The minimum atomic E-state index is 0.153. The van der Waals surface area contributed by atoms with Crippen molar-refractivity contribution in [3.63, 3.8) is 0 Å². The quantitative estimate of drug-likeness (QED) is 0.816. The standard InChI is InChI=1S/C16H23N3O3S/c1-11-14(12(2)22-17-11)9-23-10-15(20)18-5-7-19(8-6-18)16(21)13-3-4-13/h13H,3-10H2,1-2H3. The molecule has 0 spiro atoms. The lowest BCUT2D eigenvalue weighted by molar-refractivity contribution is -0.139. The van der Waals surface area contributed by atoms with Crippen LogP contribution in [0.3, 0.4) is 0 Å². The lowest BCUT2D eigenvalue weighted by atomic mass is 10.2. The Hall–Kier alpha value is -1.50. The van der Waals surface area contributed by atoms with Crippen LogP contribution in [0.1, 0.15) is 29.9 Å². The summed E-state index contributed by atoms with van der Waals surface area (Å²) in [6, 6.07) is 0. The molecule has 0 aromatic carbocycles. The minimum absolute atomic E-state index is 0.153. The second kappa shape index (κ2) is 6.95. The molecule has 0 bridgehead atoms. The molecule has 1 aromatic rings. The fourth-order valence-corrected chi connectivity index (χ4v) is 3.88. The minimum Gasteiger partial charge on any atom is -0.361 e. The predicted octanol–water partition coefficient (Wildman–Crippen LogP) is 1.61. The Kier molecular flexibility index (Phi) is 4.94. The van der Waals surface area contributed by atoms with E-state index in [4.69, 9.17) is 4.52 Å². The van der Waals surface area contributed by atoms with Crippen LogP contribution >= 0.6 is 11.8 Å². The van der Waals surface area contributed by atoms with Crippen LogP contribution in [0, 0.1) is 19.8 Å². The summed E-state index contributed by atoms with van der Waals surface area (Å²) in [5.41, 5.74) is 1.98. The molecule has 2 fully saturated rings. The van der Waals surface area contributed by atoms with E-state index < -0.39 is 0 Å². The van der Waals surface area contributed by atoms with Gasteiger partial charge >= 0.3 is 0 Å². The Labute approximate surface area is 140 Å². The molecule has 2 amide bonds. The SMILES string of the molecule is Cc1noc(C)c1CSCC(=O)N1CCN(C(=O)C2CC2)CC1. The summed E-state index contributed by atoms with van der Waals surface area (Å²) in [6.45, 7) is 6.48. The van der Waals surface area contributed by atoms with Crippen LogP contribution in [0.2, 0.25) is 0 Å². The van der Waals surface area contributed by atoms with E-state index in [0.29, 0.717) is 31.9 Å². The number of aryl methyl sites for hydroxylation is 2. The van der Waals surface area contributed by atoms with E-state index in [1.165, 1.54) is 0 Å². The van der Waals surface area contributed by atoms with E-state index in [0.717, 1.165) is 35.6 Å². The van der Waals surface area contributed by atoms with Crippen LogP contribution in [-0.4, -0.2) is 58.7 Å². The van der Waals surface area contributed by atoms with E-state index in [1.54, 1.807) is 11.8 Å². The second-order valence-electron chi connectivity index (χ2n) is 6.28. The van der Waals surface area contributed by atoms with Gasteiger partial charge in [-0.1, -0.05) is 5.16 Å². The molecule has 2 heterocycles. The number of hydrogen-bond acceptors (Lipinski definition) is 5. The van der Waals surface area contributed by atoms with Crippen LogP contribution in [0.15, 0.2) is 4.52 Å². The van der Waals surface area contributed by atoms with Crippen molar-refractivity contribution in [2.75, 3.05) is 31.9 Å². The maximum absolute atomic E-state index is 12.3. The molecule has 2 aliphatic rings. The molecule has 23 heavy (non-hydrogen) atoms. The molecule has 1 saturated heterocycles. The van der Waals surface area contributed by atoms with Gasteiger partial charge in [0.2, 0.25) is 11.8 Å². The van der Waals surface area contributed by atoms with Crippen molar-refractivity contribution >= 4 is 23.6 Å². The molecule has 7 heteroatoms. The van der Waals surface area contributed by atoms with E-state index in [2.05, 4.69) is 5.16 Å². The van der Waals surface area contributed by atoms with Gasteiger partial charge in [-0.2, -0.15) is 0 Å². The number of aromatic nitrogens is 1. The summed E-state index contributed by atoms with van der Waals surface area (Å²) in [4.78, 5) is 28.1. The largest absolute Gasteiger partial charge is 0.361 e. The molecule has 6 nitrogen and oxygen atoms in total. The lowest BCUT2D eigenvalue weighted by Crippen LogP contribution is -2.51. The van der Waals surface area contributed by atoms with Crippen LogP contribution in [-0.2, 0) is 15.3 Å². The number of amides is 2. The highest BCUT2D eigenvalue weighted by Crippen LogP contribution is 2.31. The lowest BCUT2D eigenvalue weighted by Gasteiger charge is -2.35. The van der Waals surface area contributed by atoms with Gasteiger partial charge in [-0.3, -0.25) is 9.59 Å². The zero-order valence-corrected chi connectivity index (χ0v) is 14.5. The summed E-state index contributed by atoms with van der Waals surface area (Å²) in [6.07, 6.45) is 2.08. The highest BCUT2D eigenvalue weighted by Gasteiger charge is 2.35. The predicted molar refractivity (Wildman–Crippen MR) is 88.0 cm³/mol. The first-order chi connectivity index (χ1) is 11.1. The van der Waals surface area contributed by atoms with E-state index in [9.17, 15) is 9.59 Å². The average Bonchev–Trinajstić information content (AvgIpc) is 3.36. The smallest absolute Gasteiger partial charge is 0.232 e. The topological polar surface area (TPSA) is 66.7 Å². The van der Waals surface area contributed by atoms with Crippen LogP contribution in [0.5, 0.6) is 0 Å². The Bertz CT molecular complexity index is 570. The van der Waals surface area contributed by atoms with Crippen molar-refractivity contribution in [3.8, 4) is 0 Å². The summed E-state index contributed by atoms with van der Waals surface area (Å²) < 4.78 is 5.13. The first-order valence-corrected chi connectivity index (χ1v) is 9.28. The zero-order valence-electron chi connectivity index (χ0n) is 13.7. The van der Waals surface area contributed by atoms with Crippen LogP contribution in [0.4, 0.5) is 0 Å². The van der Waals surface area contributed by atoms with Gasteiger partial charge in [0.05, 0.1) is 11.4 Å². The number of rotatable bonds is 5. The summed E-state index contributed by atoms with van der Waals surface area (Å²) in [5.74, 6) is 2.73. The summed E-state index contributed by atoms with van der Waals surface area (Å²) >= 11 is 1.59. The van der Waals surface area contributed by atoms with Crippen molar-refractivity contribution in [2.45, 2.75) is 32.4 Å². The molecule has 1 saturated carbocycles. The van der Waals surface area contributed by atoms with Gasteiger partial charge in [0.25, 0.3) is 0 Å². The molecular weight excluding hydrogens is 314 g/mol. The van der Waals surface area contributed by atoms with Crippen molar-refractivity contribution < 1.29 is 14.1 Å². The Morgan fingerprint density at radius 3 is 2.39 bits per heavy atom. The number of carbonyl (C=O) groups is 2. The number of carbonyl (C=O) groups excluding carboxylic acids is 2. The van der Waals surface area contributed by atoms with E-state index in [1.807, 2.05) is 23.6 Å². The van der Waals surface area contributed by atoms with Gasteiger partial charge in [0.1, 0.15) is 5.76 Å². The highest BCUT2D eigenvalue weighted by molar-refractivity contribution is 7.99. The summed E-state index contributed by atoms with van der Waals surface area (Å²) in [5, 5.41) is 3.93. The third-order valence-electron chi connectivity index (χ3n) is 4.52. The maximum atomic E-state index is 12.3. The molecule has 0 radical (unpaired) electrons. The monoisotopic (exact) mass is 337 g/mol. The van der Waals surface area contributed by atoms with Gasteiger partial charge in [0, 0.05) is 43.4 Å².